The molecule has 2 aromatic rings. The maximum absolute atomic E-state index is 12.7. The van der Waals surface area contributed by atoms with Crippen LogP contribution in [-0.2, 0) is 5.41 Å². The molecule has 0 saturated carbocycles. The normalized spacial score (nSPS) is 17.8. The van der Waals surface area contributed by atoms with Crippen molar-refractivity contribution in [2.75, 3.05) is 13.1 Å². The summed E-state index contributed by atoms with van der Waals surface area (Å²) in [5.41, 5.74) is 2.07. The molecule has 0 N–H and O–H groups in total. The molecule has 1 fully saturated rings. The second kappa shape index (κ2) is 6.63. The zero-order chi connectivity index (χ0) is 17.2. The molecule has 1 saturated heterocycles. The van der Waals surface area contributed by atoms with Crippen LogP contribution in [0, 0.1) is 0 Å². The molecule has 2 heterocycles. The predicted molar refractivity (Wildman–Crippen MR) is 94.3 cm³/mol. The number of pyridine rings is 1. The van der Waals surface area contributed by atoms with Gasteiger partial charge in [-0.3, -0.25) is 9.78 Å². The summed E-state index contributed by atoms with van der Waals surface area (Å²) in [4.78, 5) is 18.5. The van der Waals surface area contributed by atoms with Gasteiger partial charge in [0.15, 0.2) is 0 Å². The minimum Gasteiger partial charge on any atom is -0.488 e. The third-order valence-corrected chi connectivity index (χ3v) is 4.38. The lowest BCUT2D eigenvalue weighted by molar-refractivity contribution is 0.0772. The highest BCUT2D eigenvalue weighted by Gasteiger charge is 2.28. The van der Waals surface area contributed by atoms with Gasteiger partial charge in [-0.1, -0.05) is 32.9 Å². The van der Waals surface area contributed by atoms with Gasteiger partial charge in [0.05, 0.1) is 6.54 Å². The Hall–Kier alpha value is -2.36. The van der Waals surface area contributed by atoms with Crippen LogP contribution < -0.4 is 4.74 Å². The van der Waals surface area contributed by atoms with Crippen molar-refractivity contribution in [1.29, 1.82) is 0 Å². The number of benzene rings is 1. The zero-order valence-corrected chi connectivity index (χ0v) is 14.5. The number of aromatic nitrogens is 1. The van der Waals surface area contributed by atoms with E-state index >= 15 is 0 Å². The van der Waals surface area contributed by atoms with E-state index in [0.29, 0.717) is 6.54 Å². The van der Waals surface area contributed by atoms with Gasteiger partial charge in [-0.15, -0.1) is 0 Å². The highest BCUT2D eigenvalue weighted by molar-refractivity contribution is 5.94. The molecule has 1 aliphatic heterocycles. The molecule has 126 valence electrons. The number of hydrogen-bond donors (Lipinski definition) is 0. The maximum Gasteiger partial charge on any atom is 0.253 e. The van der Waals surface area contributed by atoms with E-state index in [1.54, 1.807) is 12.4 Å². The number of nitrogens with zero attached hydrogens (tertiary/aromatic N) is 2. The Morgan fingerprint density at radius 2 is 1.79 bits per heavy atom. The number of carbonyl (C=O) groups is 1. The molecule has 1 amide bonds. The van der Waals surface area contributed by atoms with Gasteiger partial charge in [0.1, 0.15) is 11.9 Å². The standard InChI is InChI=1S/C20H24N2O2/c1-20(2,3)16-6-4-15(5-7-16)19(23)22-13-10-18(14-22)24-17-8-11-21-12-9-17/h4-9,11-12,18H,10,13-14H2,1-3H3. The molecule has 1 aromatic heterocycles. The smallest absolute Gasteiger partial charge is 0.253 e. The lowest BCUT2D eigenvalue weighted by Gasteiger charge is -2.20. The first-order valence-electron chi connectivity index (χ1n) is 8.40. The van der Waals surface area contributed by atoms with E-state index in [2.05, 4.69) is 25.8 Å². The highest BCUT2D eigenvalue weighted by atomic mass is 16.5. The van der Waals surface area contributed by atoms with Crippen LogP contribution in [0.3, 0.4) is 0 Å². The average Bonchev–Trinajstić information content (AvgIpc) is 3.03. The molecule has 0 bridgehead atoms. The Labute approximate surface area is 143 Å². The summed E-state index contributed by atoms with van der Waals surface area (Å²) >= 11 is 0. The second-order valence-corrected chi connectivity index (χ2v) is 7.29. The molecule has 4 nitrogen and oxygen atoms in total. The topological polar surface area (TPSA) is 42.4 Å². The van der Waals surface area contributed by atoms with Gasteiger partial charge in [-0.2, -0.15) is 0 Å². The van der Waals surface area contributed by atoms with Gasteiger partial charge < -0.3 is 9.64 Å². The predicted octanol–water partition coefficient (Wildman–Crippen LogP) is 3.67. The van der Waals surface area contributed by atoms with E-state index < -0.39 is 0 Å². The Kier molecular flexibility index (Phi) is 4.56. The van der Waals surface area contributed by atoms with Crippen molar-refractivity contribution < 1.29 is 9.53 Å². The number of ether oxygens (including phenoxy) is 1. The van der Waals surface area contributed by atoms with Crippen LogP contribution >= 0.6 is 0 Å². The Bertz CT molecular complexity index is 690. The average molecular weight is 324 g/mol. The number of carbonyl (C=O) groups excluding carboxylic acids is 1. The maximum atomic E-state index is 12.7. The highest BCUT2D eigenvalue weighted by Crippen LogP contribution is 2.24. The molecule has 1 unspecified atom stereocenters. The first-order valence-corrected chi connectivity index (χ1v) is 8.40. The minimum atomic E-state index is 0.0465. The van der Waals surface area contributed by atoms with E-state index in [-0.39, 0.29) is 17.4 Å². The molecule has 4 heteroatoms. The SMILES string of the molecule is CC(C)(C)c1ccc(C(=O)N2CCC(Oc3ccncc3)C2)cc1. The van der Waals surface area contributed by atoms with Gasteiger partial charge in [0.2, 0.25) is 0 Å². The van der Waals surface area contributed by atoms with E-state index in [9.17, 15) is 4.79 Å². The molecule has 24 heavy (non-hydrogen) atoms. The van der Waals surface area contributed by atoms with Crippen molar-refractivity contribution >= 4 is 5.91 Å². The number of amides is 1. The van der Waals surface area contributed by atoms with E-state index in [1.807, 2.05) is 41.3 Å². The van der Waals surface area contributed by atoms with Gasteiger partial charge in [0, 0.05) is 30.9 Å². The summed E-state index contributed by atoms with van der Waals surface area (Å²) in [6.45, 7) is 7.87. The molecule has 1 atom stereocenters. The fraction of sp³-hybridized carbons (Fsp3) is 0.400. The molecular weight excluding hydrogens is 300 g/mol. The first-order chi connectivity index (χ1) is 11.4. The zero-order valence-electron chi connectivity index (χ0n) is 14.5. The summed E-state index contributed by atoms with van der Waals surface area (Å²) in [6.07, 6.45) is 4.33. The van der Waals surface area contributed by atoms with Crippen LogP contribution in [0.25, 0.3) is 0 Å². The number of rotatable bonds is 3. The third kappa shape index (κ3) is 3.75. The molecule has 1 aromatic carbocycles. The van der Waals surface area contributed by atoms with Gasteiger partial charge in [-0.25, -0.2) is 0 Å². The molecule has 3 rings (SSSR count). The summed E-state index contributed by atoms with van der Waals surface area (Å²) in [5.74, 6) is 0.884. The van der Waals surface area contributed by atoms with Crippen LogP contribution in [0.2, 0.25) is 0 Å². The van der Waals surface area contributed by atoms with Gasteiger partial charge >= 0.3 is 0 Å². The minimum absolute atomic E-state index is 0.0465. The Morgan fingerprint density at radius 3 is 2.42 bits per heavy atom. The molecule has 0 aliphatic carbocycles. The van der Waals surface area contributed by atoms with Crippen molar-refractivity contribution in [2.45, 2.75) is 38.7 Å². The van der Waals surface area contributed by atoms with Crippen LogP contribution in [-0.4, -0.2) is 35.0 Å². The van der Waals surface area contributed by atoms with Crippen molar-refractivity contribution in [3.05, 3.63) is 59.9 Å². The lowest BCUT2D eigenvalue weighted by atomic mass is 9.86. The number of hydrogen-bond acceptors (Lipinski definition) is 3. The molecular formula is C20H24N2O2. The van der Waals surface area contributed by atoms with E-state index in [4.69, 9.17) is 4.74 Å². The van der Waals surface area contributed by atoms with Crippen LogP contribution in [0.15, 0.2) is 48.8 Å². The fourth-order valence-corrected chi connectivity index (χ4v) is 2.91. The van der Waals surface area contributed by atoms with Crippen molar-refractivity contribution in [1.82, 2.24) is 9.88 Å². The molecule has 1 aliphatic rings. The Morgan fingerprint density at radius 1 is 1.12 bits per heavy atom. The van der Waals surface area contributed by atoms with Crippen LogP contribution in [0.1, 0.15) is 43.1 Å². The third-order valence-electron chi connectivity index (χ3n) is 4.38. The molecule has 0 spiro atoms. The largest absolute Gasteiger partial charge is 0.488 e. The van der Waals surface area contributed by atoms with Crippen molar-refractivity contribution in [2.24, 2.45) is 0 Å². The molecule has 0 radical (unpaired) electrons. The summed E-state index contributed by atoms with van der Waals surface area (Å²) in [6, 6.07) is 11.6. The van der Waals surface area contributed by atoms with Crippen molar-refractivity contribution in [3.8, 4) is 5.75 Å². The van der Waals surface area contributed by atoms with Crippen molar-refractivity contribution in [3.63, 3.8) is 0 Å². The lowest BCUT2D eigenvalue weighted by Crippen LogP contribution is -2.31. The summed E-state index contributed by atoms with van der Waals surface area (Å²) < 4.78 is 5.92. The first kappa shape index (κ1) is 16.5. The number of likely N-dealkylation sites (tertiary alicyclic amines) is 1. The second-order valence-electron chi connectivity index (χ2n) is 7.29. The van der Waals surface area contributed by atoms with Gasteiger partial charge in [-0.05, 0) is 35.2 Å². The summed E-state index contributed by atoms with van der Waals surface area (Å²) in [5, 5.41) is 0. The van der Waals surface area contributed by atoms with Crippen LogP contribution in [0.4, 0.5) is 0 Å². The monoisotopic (exact) mass is 324 g/mol. The fourth-order valence-electron chi connectivity index (χ4n) is 2.91. The van der Waals surface area contributed by atoms with E-state index in [1.165, 1.54) is 5.56 Å². The van der Waals surface area contributed by atoms with Crippen LogP contribution in [0.5, 0.6) is 5.75 Å². The Balaban J connectivity index is 1.62. The quantitative estimate of drug-likeness (QED) is 0.865. The summed E-state index contributed by atoms with van der Waals surface area (Å²) in [7, 11) is 0. The van der Waals surface area contributed by atoms with Gasteiger partial charge in [0.25, 0.3) is 5.91 Å². The van der Waals surface area contributed by atoms with E-state index in [0.717, 1.165) is 24.3 Å².